The van der Waals surface area contributed by atoms with Crippen molar-refractivity contribution in [3.05, 3.63) is 64.7 Å². The summed E-state index contributed by atoms with van der Waals surface area (Å²) in [4.78, 5) is 29.8. The minimum atomic E-state index is -0.624. The maximum Gasteiger partial charge on any atom is 0.344 e. The number of ether oxygens (including phenoxy) is 2. The zero-order valence-electron chi connectivity index (χ0n) is 17.9. The summed E-state index contributed by atoms with van der Waals surface area (Å²) in [6, 6.07) is 14.8. The highest BCUT2D eigenvalue weighted by Crippen LogP contribution is 2.35. The van der Waals surface area contributed by atoms with Gasteiger partial charge in [-0.05, 0) is 25.5 Å². The number of esters is 1. The summed E-state index contributed by atoms with van der Waals surface area (Å²) in [5.41, 5.74) is 1.13. The van der Waals surface area contributed by atoms with Crippen LogP contribution in [0.4, 0.5) is 0 Å². The molecule has 0 fully saturated rings. The van der Waals surface area contributed by atoms with Gasteiger partial charge in [-0.25, -0.2) is 9.80 Å². The van der Waals surface area contributed by atoms with E-state index >= 15 is 0 Å². The highest BCUT2D eigenvalue weighted by molar-refractivity contribution is 8.13. The Morgan fingerprint density at radius 3 is 2.75 bits per heavy atom. The lowest BCUT2D eigenvalue weighted by atomic mass is 10.1. The smallest absolute Gasteiger partial charge is 0.344 e. The molecule has 2 aliphatic rings. The second-order valence-electron chi connectivity index (χ2n) is 7.05. The van der Waals surface area contributed by atoms with Gasteiger partial charge in [0.05, 0.1) is 12.0 Å². The third-order valence-electron chi connectivity index (χ3n) is 4.81. The number of amidine groups is 1. The van der Waals surface area contributed by atoms with Gasteiger partial charge in [0.2, 0.25) is 0 Å². The number of nitrogens with zero attached hydrogens (tertiary/aromatic N) is 3. The molecule has 0 spiro atoms. The van der Waals surface area contributed by atoms with Crippen LogP contribution in [-0.4, -0.2) is 41.0 Å². The van der Waals surface area contributed by atoms with E-state index in [2.05, 4.69) is 12.2 Å². The van der Waals surface area contributed by atoms with Crippen molar-refractivity contribution >= 4 is 34.5 Å². The second kappa shape index (κ2) is 9.86. The summed E-state index contributed by atoms with van der Waals surface area (Å²) in [6.45, 7) is 3.88. The number of amides is 1. The fourth-order valence-corrected chi connectivity index (χ4v) is 4.17. The molecule has 0 saturated heterocycles. The molecule has 1 atom stereocenters. The number of carbonyl (C=O) groups excluding carboxylic acids is 2. The first-order chi connectivity index (χ1) is 15.6. The van der Waals surface area contributed by atoms with E-state index in [0.717, 1.165) is 17.4 Å². The molecule has 2 aliphatic heterocycles. The number of hydrogen-bond acceptors (Lipinski definition) is 8. The average Bonchev–Trinajstić information content (AvgIpc) is 2.81. The van der Waals surface area contributed by atoms with Crippen molar-refractivity contribution in [3.63, 3.8) is 0 Å². The fraction of sp³-hybridized carbons (Fsp3) is 0.304. The second-order valence-corrected chi connectivity index (χ2v) is 8.14. The average molecular weight is 453 g/mol. The topological polar surface area (TPSA) is 92.6 Å². The molecular weight excluding hydrogens is 428 g/mol. The highest BCUT2D eigenvalue weighted by Gasteiger charge is 2.35. The predicted molar refractivity (Wildman–Crippen MR) is 122 cm³/mol. The molecule has 0 bridgehead atoms. The molecule has 2 heterocycles. The van der Waals surface area contributed by atoms with Crippen molar-refractivity contribution in [2.75, 3.05) is 19.0 Å². The molecule has 2 aromatic carbocycles. The molecule has 0 radical (unpaired) electrons. The normalized spacial score (nSPS) is 16.9. The first-order valence-electron chi connectivity index (χ1n) is 10.5. The Morgan fingerprint density at radius 1 is 1.16 bits per heavy atom. The number of fused-ring (bicyclic) bond motifs is 2. The lowest BCUT2D eigenvalue weighted by Crippen LogP contribution is -2.50. The zero-order chi connectivity index (χ0) is 22.5. The minimum Gasteiger partial charge on any atom is -0.481 e. The first kappa shape index (κ1) is 21.9. The van der Waals surface area contributed by atoms with Crippen LogP contribution in [0.1, 0.15) is 32.0 Å². The highest BCUT2D eigenvalue weighted by atomic mass is 32.2. The minimum absolute atomic E-state index is 0.216. The maximum atomic E-state index is 13.1. The first-order valence-corrected chi connectivity index (χ1v) is 11.5. The van der Waals surface area contributed by atoms with E-state index in [4.69, 9.17) is 19.6 Å². The van der Waals surface area contributed by atoms with Crippen LogP contribution in [0.15, 0.2) is 58.6 Å². The summed E-state index contributed by atoms with van der Waals surface area (Å²) in [7, 11) is 0. The van der Waals surface area contributed by atoms with Crippen LogP contribution in [0.25, 0.3) is 5.70 Å². The van der Waals surface area contributed by atoms with Gasteiger partial charge >= 0.3 is 5.97 Å². The van der Waals surface area contributed by atoms with Crippen LogP contribution in [0.5, 0.6) is 5.75 Å². The molecule has 32 heavy (non-hydrogen) atoms. The standard InChI is InChI=1S/C23H24N4O4S/c1-3-13-32-23-25-22(29)20-15-9-5-7-11-17(15)24-21(27(20)26-23)16-10-6-8-12-18(16)31-14-19(28)30-4-2/h5-12,21H,3-4,13-14H2,1-2H3,(H,25,26,29)/t21-/m1/s1. The Bertz CT molecular complexity index is 1180. The Hall–Kier alpha value is -3.33. The van der Waals surface area contributed by atoms with E-state index in [0.29, 0.717) is 27.5 Å². The largest absolute Gasteiger partial charge is 0.481 e. The van der Waals surface area contributed by atoms with E-state index in [1.54, 1.807) is 18.0 Å². The van der Waals surface area contributed by atoms with Crippen molar-refractivity contribution in [3.8, 4) is 5.75 Å². The third-order valence-corrected chi connectivity index (χ3v) is 5.88. The molecule has 0 aromatic heterocycles. The van der Waals surface area contributed by atoms with Gasteiger partial charge in [-0.15, -0.1) is 5.10 Å². The number of carbonyl (C=O) groups is 2. The molecule has 166 valence electrons. The molecule has 0 saturated carbocycles. The van der Waals surface area contributed by atoms with Crippen molar-refractivity contribution in [1.82, 2.24) is 10.3 Å². The number of hydrazone groups is 1. The predicted octanol–water partition coefficient (Wildman–Crippen LogP) is 1.91. The summed E-state index contributed by atoms with van der Waals surface area (Å²) >= 11 is 1.49. The Kier molecular flexibility index (Phi) is 6.75. The molecular formula is C23H24N4O4S. The van der Waals surface area contributed by atoms with E-state index in [-0.39, 0.29) is 19.1 Å². The summed E-state index contributed by atoms with van der Waals surface area (Å²) in [6.07, 6.45) is 0.332. The van der Waals surface area contributed by atoms with Crippen molar-refractivity contribution < 1.29 is 19.1 Å². The summed E-state index contributed by atoms with van der Waals surface area (Å²) in [5, 5.41) is 11.2. The van der Waals surface area contributed by atoms with Crippen LogP contribution in [0.3, 0.4) is 0 Å². The van der Waals surface area contributed by atoms with Gasteiger partial charge in [0, 0.05) is 16.5 Å². The maximum absolute atomic E-state index is 13.1. The van der Waals surface area contributed by atoms with Gasteiger partial charge < -0.3 is 9.47 Å². The van der Waals surface area contributed by atoms with Crippen LogP contribution in [0.2, 0.25) is 0 Å². The van der Waals surface area contributed by atoms with Crippen LogP contribution < -0.4 is 20.6 Å². The Morgan fingerprint density at radius 2 is 1.94 bits per heavy atom. The quantitative estimate of drug-likeness (QED) is 0.646. The molecule has 4 rings (SSSR count). The summed E-state index contributed by atoms with van der Waals surface area (Å²) < 4.78 is 10.7. The molecule has 1 N–H and O–H groups in total. The zero-order valence-corrected chi connectivity index (χ0v) is 18.7. The number of thioether (sulfide) groups is 1. The lowest BCUT2D eigenvalue weighted by Gasteiger charge is -2.34. The van der Waals surface area contributed by atoms with Crippen molar-refractivity contribution in [2.45, 2.75) is 26.4 Å². The monoisotopic (exact) mass is 452 g/mol. The van der Waals surface area contributed by atoms with Crippen molar-refractivity contribution in [2.24, 2.45) is 10.1 Å². The summed E-state index contributed by atoms with van der Waals surface area (Å²) in [5.74, 6) is 0.641. The van der Waals surface area contributed by atoms with Crippen LogP contribution in [0, 0.1) is 0 Å². The molecule has 0 aliphatic carbocycles. The van der Waals surface area contributed by atoms with Gasteiger partial charge in [0.1, 0.15) is 11.4 Å². The number of benzene rings is 2. The Balaban J connectivity index is 1.79. The third kappa shape index (κ3) is 4.47. The molecule has 9 heteroatoms. The van der Waals surface area contributed by atoms with Gasteiger partial charge in [-0.2, -0.15) is 0 Å². The van der Waals surface area contributed by atoms with E-state index < -0.39 is 12.1 Å². The van der Waals surface area contributed by atoms with Crippen molar-refractivity contribution in [1.29, 1.82) is 0 Å². The molecule has 2 aromatic rings. The van der Waals surface area contributed by atoms with Crippen LogP contribution in [-0.2, 0) is 14.3 Å². The SMILES string of the molecule is CCCSC1=NN2C(=c3ccccc3=N[C@H]2c2ccccc2OCC(=O)OCC)C(=O)N1. The molecule has 1 amide bonds. The van der Waals surface area contributed by atoms with Gasteiger partial charge in [-0.1, -0.05) is 55.1 Å². The fourth-order valence-electron chi connectivity index (χ4n) is 3.46. The van der Waals surface area contributed by atoms with E-state index in [9.17, 15) is 9.59 Å². The number of nitrogens with one attached hydrogen (secondary N) is 1. The van der Waals surface area contributed by atoms with Gasteiger partial charge in [-0.3, -0.25) is 15.1 Å². The number of para-hydroxylation sites is 2. The number of hydrogen-bond donors (Lipinski definition) is 1. The lowest BCUT2D eigenvalue weighted by molar-refractivity contribution is -0.145. The van der Waals surface area contributed by atoms with E-state index in [1.165, 1.54) is 11.8 Å². The van der Waals surface area contributed by atoms with Crippen LogP contribution >= 0.6 is 11.8 Å². The Labute approximate surface area is 190 Å². The molecule has 0 unspecified atom stereocenters. The van der Waals surface area contributed by atoms with Gasteiger partial charge in [0.25, 0.3) is 5.91 Å². The number of rotatable bonds is 7. The molecule has 8 nitrogen and oxygen atoms in total. The van der Waals surface area contributed by atoms with E-state index in [1.807, 2.05) is 42.5 Å². The van der Waals surface area contributed by atoms with Gasteiger partial charge in [0.15, 0.2) is 17.9 Å².